The van der Waals surface area contributed by atoms with Gasteiger partial charge >= 0.3 is 0 Å². The van der Waals surface area contributed by atoms with Crippen LogP contribution in [0, 0.1) is 5.82 Å². The van der Waals surface area contributed by atoms with Crippen LogP contribution in [0.3, 0.4) is 0 Å². The first-order valence-corrected chi connectivity index (χ1v) is 8.18. The smallest absolute Gasteiger partial charge is 0.257 e. The molecule has 0 saturated carbocycles. The number of benzene rings is 2. The molecular formula is C17H18FNO2S. The second-order valence-electron chi connectivity index (χ2n) is 4.69. The minimum absolute atomic E-state index is 0.0724. The van der Waals surface area contributed by atoms with Gasteiger partial charge in [0.05, 0.1) is 0 Å². The van der Waals surface area contributed by atoms with E-state index in [1.807, 2.05) is 6.26 Å². The van der Waals surface area contributed by atoms with Gasteiger partial charge in [0.25, 0.3) is 5.91 Å². The summed E-state index contributed by atoms with van der Waals surface area (Å²) in [6, 6.07) is 13.8. The molecule has 0 bridgehead atoms. The number of hydrogen-bond acceptors (Lipinski definition) is 3. The fraction of sp³-hybridized carbons (Fsp3) is 0.235. The zero-order valence-electron chi connectivity index (χ0n) is 12.3. The van der Waals surface area contributed by atoms with Crippen molar-refractivity contribution in [2.75, 3.05) is 19.4 Å². The highest BCUT2D eigenvalue weighted by atomic mass is 32.2. The first-order valence-electron chi connectivity index (χ1n) is 6.95. The van der Waals surface area contributed by atoms with Crippen LogP contribution in [-0.2, 0) is 11.2 Å². The van der Waals surface area contributed by atoms with Gasteiger partial charge in [0, 0.05) is 11.4 Å². The van der Waals surface area contributed by atoms with E-state index in [1.54, 1.807) is 11.8 Å². The maximum absolute atomic E-state index is 12.7. The zero-order chi connectivity index (χ0) is 15.8. The molecule has 0 unspecified atom stereocenters. The van der Waals surface area contributed by atoms with E-state index in [4.69, 9.17) is 4.74 Å². The Balaban J connectivity index is 1.67. The minimum atomic E-state index is -0.329. The van der Waals surface area contributed by atoms with Gasteiger partial charge in [-0.15, -0.1) is 11.8 Å². The summed E-state index contributed by atoms with van der Waals surface area (Å²) >= 11 is 1.70. The zero-order valence-corrected chi connectivity index (χ0v) is 13.2. The van der Waals surface area contributed by atoms with Gasteiger partial charge in [0.15, 0.2) is 6.61 Å². The van der Waals surface area contributed by atoms with Gasteiger partial charge in [-0.25, -0.2) is 4.39 Å². The van der Waals surface area contributed by atoms with Crippen LogP contribution in [0.1, 0.15) is 5.56 Å². The third-order valence-corrected chi connectivity index (χ3v) is 3.82. The Morgan fingerprint density at radius 1 is 1.14 bits per heavy atom. The molecular weight excluding hydrogens is 301 g/mol. The van der Waals surface area contributed by atoms with Crippen LogP contribution in [0.4, 0.5) is 4.39 Å². The summed E-state index contributed by atoms with van der Waals surface area (Å²) in [5.41, 5.74) is 1.18. The molecule has 0 fully saturated rings. The molecule has 2 aromatic carbocycles. The van der Waals surface area contributed by atoms with Gasteiger partial charge in [-0.2, -0.15) is 0 Å². The molecule has 0 aromatic heterocycles. The minimum Gasteiger partial charge on any atom is -0.484 e. The molecule has 2 rings (SSSR count). The average Bonchev–Trinajstić information content (AvgIpc) is 2.55. The highest BCUT2D eigenvalue weighted by Crippen LogP contribution is 2.15. The number of thioether (sulfide) groups is 1. The molecule has 3 nitrogen and oxygen atoms in total. The molecule has 0 aliphatic carbocycles. The number of hydrogen-bond donors (Lipinski definition) is 1. The van der Waals surface area contributed by atoms with E-state index in [0.29, 0.717) is 12.3 Å². The van der Waals surface area contributed by atoms with Crippen molar-refractivity contribution in [3.05, 3.63) is 59.9 Å². The third-order valence-electron chi connectivity index (χ3n) is 3.08. The molecule has 1 N–H and O–H groups in total. The first kappa shape index (κ1) is 16.4. The number of amides is 1. The van der Waals surface area contributed by atoms with E-state index in [9.17, 15) is 9.18 Å². The summed E-state index contributed by atoms with van der Waals surface area (Å²) in [5.74, 6) is -0.0430. The van der Waals surface area contributed by atoms with Gasteiger partial charge in [-0.1, -0.05) is 12.1 Å². The second-order valence-corrected chi connectivity index (χ2v) is 5.57. The lowest BCUT2D eigenvalue weighted by Gasteiger charge is -2.08. The highest BCUT2D eigenvalue weighted by Gasteiger charge is 2.03. The lowest BCUT2D eigenvalue weighted by atomic mass is 10.1. The number of carbonyl (C=O) groups is 1. The van der Waals surface area contributed by atoms with Gasteiger partial charge in [0.1, 0.15) is 11.6 Å². The average molecular weight is 319 g/mol. The maximum Gasteiger partial charge on any atom is 0.257 e. The largest absolute Gasteiger partial charge is 0.484 e. The summed E-state index contributed by atoms with van der Waals surface area (Å²) in [6.45, 7) is 0.487. The van der Waals surface area contributed by atoms with Gasteiger partial charge in [0.2, 0.25) is 0 Å². The summed E-state index contributed by atoms with van der Waals surface area (Å²) in [6.07, 6.45) is 2.81. The van der Waals surface area contributed by atoms with Crippen LogP contribution in [0.15, 0.2) is 53.4 Å². The Morgan fingerprint density at radius 3 is 2.45 bits per heavy atom. The van der Waals surface area contributed by atoms with Crippen molar-refractivity contribution >= 4 is 17.7 Å². The van der Waals surface area contributed by atoms with Gasteiger partial charge in [-0.05, 0) is 54.6 Å². The molecule has 0 aliphatic heterocycles. The fourth-order valence-electron chi connectivity index (χ4n) is 1.87. The molecule has 0 saturated heterocycles. The lowest BCUT2D eigenvalue weighted by molar-refractivity contribution is -0.123. The second kappa shape index (κ2) is 8.44. The van der Waals surface area contributed by atoms with Crippen molar-refractivity contribution in [2.45, 2.75) is 11.3 Å². The highest BCUT2D eigenvalue weighted by molar-refractivity contribution is 7.98. The monoisotopic (exact) mass is 319 g/mol. The Morgan fingerprint density at radius 2 is 1.82 bits per heavy atom. The van der Waals surface area contributed by atoms with Crippen LogP contribution in [0.2, 0.25) is 0 Å². The number of halogens is 1. The van der Waals surface area contributed by atoms with Crippen LogP contribution < -0.4 is 10.1 Å². The number of ether oxygens (including phenoxy) is 1. The standard InChI is InChI=1S/C17H18FNO2S/c1-22-16-8-2-13(3-9-16)10-11-19-17(20)12-21-15-6-4-14(18)5-7-15/h2-9H,10-12H2,1H3,(H,19,20). The van der Waals surface area contributed by atoms with E-state index >= 15 is 0 Å². The van der Waals surface area contributed by atoms with Crippen LogP contribution in [-0.4, -0.2) is 25.3 Å². The Bertz CT molecular complexity index is 599. The van der Waals surface area contributed by atoms with E-state index in [-0.39, 0.29) is 18.3 Å². The molecule has 116 valence electrons. The topological polar surface area (TPSA) is 38.3 Å². The molecule has 0 heterocycles. The van der Waals surface area contributed by atoms with Crippen molar-refractivity contribution in [3.8, 4) is 5.75 Å². The van der Waals surface area contributed by atoms with Crippen LogP contribution in [0.25, 0.3) is 0 Å². The Labute approximate surface area is 133 Å². The summed E-state index contributed by atoms with van der Waals surface area (Å²) < 4.78 is 18.0. The Hall–Kier alpha value is -2.01. The quantitative estimate of drug-likeness (QED) is 0.796. The van der Waals surface area contributed by atoms with Crippen LogP contribution >= 0.6 is 11.8 Å². The maximum atomic E-state index is 12.7. The number of rotatable bonds is 7. The van der Waals surface area contributed by atoms with Crippen molar-refractivity contribution in [1.82, 2.24) is 5.32 Å². The van der Waals surface area contributed by atoms with E-state index in [0.717, 1.165) is 6.42 Å². The number of carbonyl (C=O) groups excluding carboxylic acids is 1. The van der Waals surface area contributed by atoms with Gasteiger partial charge < -0.3 is 10.1 Å². The molecule has 0 spiro atoms. The summed E-state index contributed by atoms with van der Waals surface area (Å²) in [4.78, 5) is 12.9. The number of nitrogens with one attached hydrogen (secondary N) is 1. The van der Waals surface area contributed by atoms with Crippen molar-refractivity contribution in [3.63, 3.8) is 0 Å². The molecule has 2 aromatic rings. The predicted molar refractivity (Wildman–Crippen MR) is 86.8 cm³/mol. The molecule has 22 heavy (non-hydrogen) atoms. The van der Waals surface area contributed by atoms with Crippen molar-refractivity contribution < 1.29 is 13.9 Å². The normalized spacial score (nSPS) is 10.3. The molecule has 5 heteroatoms. The fourth-order valence-corrected chi connectivity index (χ4v) is 2.28. The summed E-state index contributed by atoms with van der Waals surface area (Å²) in [7, 11) is 0. The van der Waals surface area contributed by atoms with E-state index in [1.165, 1.54) is 34.7 Å². The predicted octanol–water partition coefficient (Wildman–Crippen LogP) is 3.29. The first-order chi connectivity index (χ1) is 10.7. The van der Waals surface area contributed by atoms with E-state index in [2.05, 4.69) is 29.6 Å². The molecule has 1 amide bonds. The summed E-state index contributed by atoms with van der Waals surface area (Å²) in [5, 5.41) is 2.80. The van der Waals surface area contributed by atoms with Crippen molar-refractivity contribution in [1.29, 1.82) is 0 Å². The van der Waals surface area contributed by atoms with Crippen LogP contribution in [0.5, 0.6) is 5.75 Å². The third kappa shape index (κ3) is 5.41. The molecule has 0 atom stereocenters. The molecule has 0 radical (unpaired) electrons. The van der Waals surface area contributed by atoms with Gasteiger partial charge in [-0.3, -0.25) is 4.79 Å². The Kier molecular flexibility index (Phi) is 6.27. The van der Waals surface area contributed by atoms with Crippen molar-refractivity contribution in [2.24, 2.45) is 0 Å². The SMILES string of the molecule is CSc1ccc(CCNC(=O)COc2ccc(F)cc2)cc1. The van der Waals surface area contributed by atoms with E-state index < -0.39 is 0 Å². The lowest BCUT2D eigenvalue weighted by Crippen LogP contribution is -2.30. The molecule has 0 aliphatic rings.